The normalized spacial score (nSPS) is 12.0. The Kier molecular flexibility index (Phi) is 16.0. The molecule has 0 aliphatic rings. The molecule has 0 saturated heterocycles. The van der Waals surface area contributed by atoms with Crippen molar-refractivity contribution in [2.24, 2.45) is 0 Å². The summed E-state index contributed by atoms with van der Waals surface area (Å²) in [5.41, 5.74) is 3.60. The smallest absolute Gasteiger partial charge is 0.411 e. The summed E-state index contributed by atoms with van der Waals surface area (Å²) in [5.74, 6) is 1.19. The highest BCUT2D eigenvalue weighted by molar-refractivity contribution is 5.77. The van der Waals surface area contributed by atoms with Gasteiger partial charge in [-0.2, -0.15) is 13.2 Å². The number of rotatable bonds is 23. The van der Waals surface area contributed by atoms with Crippen molar-refractivity contribution >= 4 is 28.9 Å². The number of aromatic nitrogens is 1. The van der Waals surface area contributed by atoms with Crippen LogP contribution in [0.3, 0.4) is 0 Å². The summed E-state index contributed by atoms with van der Waals surface area (Å²) in [6, 6.07) is 13.7. The third kappa shape index (κ3) is 15.0. The van der Waals surface area contributed by atoms with Crippen LogP contribution in [0.15, 0.2) is 46.9 Å². The molecule has 0 spiro atoms. The molecule has 0 radical (unpaired) electrons. The summed E-state index contributed by atoms with van der Waals surface area (Å²) in [6.45, 7) is 2.58. The van der Waals surface area contributed by atoms with Crippen LogP contribution >= 0.6 is 0 Å². The Bertz CT molecular complexity index is 1220. The molecule has 0 aliphatic heterocycles. The van der Waals surface area contributed by atoms with Crippen LogP contribution in [0.25, 0.3) is 23.3 Å². The van der Waals surface area contributed by atoms with Gasteiger partial charge in [-0.3, -0.25) is 0 Å². The van der Waals surface area contributed by atoms with E-state index in [0.29, 0.717) is 76.7 Å². The van der Waals surface area contributed by atoms with Gasteiger partial charge >= 0.3 is 6.18 Å². The van der Waals surface area contributed by atoms with E-state index < -0.39 is 12.8 Å². The van der Waals surface area contributed by atoms with Gasteiger partial charge in [0.1, 0.15) is 24.5 Å². The van der Waals surface area contributed by atoms with Gasteiger partial charge in [-0.25, -0.2) is 4.98 Å². The molecule has 0 N–H and O–H groups in total. The topological polar surface area (TPSA) is 93.9 Å². The second-order valence-electron chi connectivity index (χ2n) is 9.58. The van der Waals surface area contributed by atoms with Crippen LogP contribution in [-0.4, -0.2) is 111 Å². The first-order valence-corrected chi connectivity index (χ1v) is 14.3. The summed E-state index contributed by atoms with van der Waals surface area (Å²) >= 11 is 0. The van der Waals surface area contributed by atoms with Gasteiger partial charge in [-0.1, -0.05) is 12.1 Å². The molecule has 3 aromatic rings. The average molecular weight is 627 g/mol. The molecule has 244 valence electrons. The second kappa shape index (κ2) is 20.0. The first-order valence-electron chi connectivity index (χ1n) is 14.3. The maximum atomic E-state index is 11.9. The van der Waals surface area contributed by atoms with E-state index in [0.717, 1.165) is 16.8 Å². The zero-order valence-electron chi connectivity index (χ0n) is 25.2. The Balaban J connectivity index is 1.13. The molecule has 13 heteroatoms. The summed E-state index contributed by atoms with van der Waals surface area (Å²) in [4.78, 5) is 6.56. The van der Waals surface area contributed by atoms with Crippen molar-refractivity contribution in [1.82, 2.24) is 4.98 Å². The highest BCUT2D eigenvalue weighted by atomic mass is 19.4. The third-order valence-corrected chi connectivity index (χ3v) is 5.83. The summed E-state index contributed by atoms with van der Waals surface area (Å²) in [6.07, 6.45) is -0.512. The minimum atomic E-state index is -4.32. The standard InChI is InChI=1S/C31H41F3N2O8/c1-36(2)26-6-3-25(4-7-26)5-10-30-35-28-9-8-27(23-29(28)44-30)43-22-21-41-18-17-39-14-13-37-11-12-38-15-16-40-19-20-42-24-31(32,33)34/h3-10,23H,11-22,24H2,1-2H3/b10-5+. The van der Waals surface area contributed by atoms with E-state index in [-0.39, 0.29) is 19.8 Å². The molecule has 0 fully saturated rings. The zero-order chi connectivity index (χ0) is 31.5. The minimum Gasteiger partial charge on any atom is -0.491 e. The van der Waals surface area contributed by atoms with E-state index in [4.69, 9.17) is 32.8 Å². The number of hydrogen-bond acceptors (Lipinski definition) is 10. The molecule has 0 saturated carbocycles. The monoisotopic (exact) mass is 626 g/mol. The fraction of sp³-hybridized carbons (Fsp3) is 0.516. The number of hydrogen-bond donors (Lipinski definition) is 0. The fourth-order valence-electron chi connectivity index (χ4n) is 3.64. The maximum absolute atomic E-state index is 11.9. The second-order valence-corrected chi connectivity index (χ2v) is 9.58. The number of fused-ring (bicyclic) bond motifs is 1. The largest absolute Gasteiger partial charge is 0.491 e. The van der Waals surface area contributed by atoms with E-state index in [1.807, 2.05) is 56.6 Å². The van der Waals surface area contributed by atoms with Crippen molar-refractivity contribution in [1.29, 1.82) is 0 Å². The van der Waals surface area contributed by atoms with Crippen LogP contribution in [0.5, 0.6) is 5.75 Å². The van der Waals surface area contributed by atoms with Crippen LogP contribution in [-0.2, 0) is 28.4 Å². The van der Waals surface area contributed by atoms with Crippen LogP contribution in [0.1, 0.15) is 11.5 Å². The molecule has 10 nitrogen and oxygen atoms in total. The van der Waals surface area contributed by atoms with Crippen molar-refractivity contribution in [3.63, 3.8) is 0 Å². The van der Waals surface area contributed by atoms with Gasteiger partial charge in [-0.05, 0) is 35.9 Å². The van der Waals surface area contributed by atoms with Crippen molar-refractivity contribution in [3.8, 4) is 5.75 Å². The molecular weight excluding hydrogens is 585 g/mol. The quantitative estimate of drug-likeness (QED) is 0.132. The lowest BCUT2D eigenvalue weighted by molar-refractivity contribution is -0.176. The minimum absolute atomic E-state index is 0.0811. The third-order valence-electron chi connectivity index (χ3n) is 5.83. The number of ether oxygens (including phenoxy) is 7. The summed E-state index contributed by atoms with van der Waals surface area (Å²) in [5, 5.41) is 0. The number of alkyl halides is 3. The van der Waals surface area contributed by atoms with Crippen LogP contribution in [0, 0.1) is 0 Å². The molecule has 1 heterocycles. The zero-order valence-corrected chi connectivity index (χ0v) is 25.2. The van der Waals surface area contributed by atoms with Gasteiger partial charge < -0.3 is 42.5 Å². The Labute approximate surface area is 255 Å². The van der Waals surface area contributed by atoms with E-state index in [1.54, 1.807) is 0 Å². The maximum Gasteiger partial charge on any atom is 0.411 e. The van der Waals surface area contributed by atoms with E-state index >= 15 is 0 Å². The Hall–Kier alpha value is -3.20. The Morgan fingerprint density at radius 2 is 1.20 bits per heavy atom. The van der Waals surface area contributed by atoms with Crippen molar-refractivity contribution < 1.29 is 50.7 Å². The van der Waals surface area contributed by atoms with E-state index in [9.17, 15) is 13.2 Å². The molecule has 3 rings (SSSR count). The molecule has 0 bridgehead atoms. The van der Waals surface area contributed by atoms with Gasteiger partial charge in [0.2, 0.25) is 5.89 Å². The molecule has 0 aliphatic carbocycles. The highest BCUT2D eigenvalue weighted by Crippen LogP contribution is 2.23. The molecule has 44 heavy (non-hydrogen) atoms. The number of halogens is 3. The number of anilines is 1. The summed E-state index contributed by atoms with van der Waals surface area (Å²) in [7, 11) is 4.02. The van der Waals surface area contributed by atoms with Crippen LogP contribution < -0.4 is 9.64 Å². The lowest BCUT2D eigenvalue weighted by Crippen LogP contribution is -2.19. The highest BCUT2D eigenvalue weighted by Gasteiger charge is 2.27. The van der Waals surface area contributed by atoms with Crippen molar-refractivity contribution in [3.05, 3.63) is 53.9 Å². The first-order chi connectivity index (χ1) is 21.3. The Morgan fingerprint density at radius 3 is 1.73 bits per heavy atom. The van der Waals surface area contributed by atoms with Gasteiger partial charge in [0, 0.05) is 31.9 Å². The van der Waals surface area contributed by atoms with E-state index in [2.05, 4.69) is 26.8 Å². The molecule has 1 aromatic heterocycles. The number of benzene rings is 2. The van der Waals surface area contributed by atoms with Gasteiger partial charge in [-0.15, -0.1) is 0 Å². The lowest BCUT2D eigenvalue weighted by atomic mass is 10.2. The average Bonchev–Trinajstić information content (AvgIpc) is 3.41. The first kappa shape index (κ1) is 35.3. The number of nitrogens with zero attached hydrogens (tertiary/aromatic N) is 2. The van der Waals surface area contributed by atoms with Gasteiger partial charge in [0.25, 0.3) is 0 Å². The number of oxazole rings is 1. The molecular formula is C31H41F3N2O8. The van der Waals surface area contributed by atoms with E-state index in [1.165, 1.54) is 0 Å². The van der Waals surface area contributed by atoms with Crippen molar-refractivity contribution in [2.45, 2.75) is 6.18 Å². The molecule has 0 amide bonds. The lowest BCUT2D eigenvalue weighted by Gasteiger charge is -2.11. The Morgan fingerprint density at radius 1 is 0.682 bits per heavy atom. The predicted molar refractivity (Wildman–Crippen MR) is 160 cm³/mol. The molecule has 2 aromatic carbocycles. The SMILES string of the molecule is CN(C)c1ccc(/C=C/c2nc3ccc(OCCOCCOCCOCCOCCOCCOCC(F)(F)F)cc3o2)cc1. The van der Waals surface area contributed by atoms with Gasteiger partial charge in [0.15, 0.2) is 5.58 Å². The molecule has 0 unspecified atom stereocenters. The van der Waals surface area contributed by atoms with Crippen LogP contribution in [0.2, 0.25) is 0 Å². The van der Waals surface area contributed by atoms with Crippen LogP contribution in [0.4, 0.5) is 18.9 Å². The predicted octanol–water partition coefficient (Wildman–Crippen LogP) is 5.10. The van der Waals surface area contributed by atoms with Crippen molar-refractivity contribution in [2.75, 3.05) is 105 Å². The molecule has 0 atom stereocenters. The van der Waals surface area contributed by atoms with Gasteiger partial charge in [0.05, 0.1) is 72.7 Å². The fourth-order valence-corrected chi connectivity index (χ4v) is 3.64. The summed E-state index contributed by atoms with van der Waals surface area (Å²) < 4.78 is 78.6.